The number of benzene rings is 1. The molecule has 2 aromatic rings. The van der Waals surface area contributed by atoms with E-state index >= 15 is 0 Å². The van der Waals surface area contributed by atoms with Crippen molar-refractivity contribution in [2.45, 2.75) is 19.6 Å². The Morgan fingerprint density at radius 3 is 2.88 bits per heavy atom. The smallest absolute Gasteiger partial charge is 0.120 e. The van der Waals surface area contributed by atoms with Gasteiger partial charge in [-0.05, 0) is 30.7 Å². The molecule has 1 heterocycles. The molecule has 0 aliphatic rings. The third kappa shape index (κ3) is 3.29. The van der Waals surface area contributed by atoms with E-state index in [4.69, 9.17) is 10.5 Å². The molecule has 3 heteroatoms. The van der Waals surface area contributed by atoms with Crippen LogP contribution in [0.5, 0.6) is 5.75 Å². The molecule has 1 atom stereocenters. The summed E-state index contributed by atoms with van der Waals surface area (Å²) in [6, 6.07) is 11.8. The summed E-state index contributed by atoms with van der Waals surface area (Å²) in [6.45, 7) is 2.48. The van der Waals surface area contributed by atoms with Gasteiger partial charge in [0, 0.05) is 24.0 Å². The van der Waals surface area contributed by atoms with Crippen LogP contribution in [0, 0.1) is 0 Å². The molecule has 0 radical (unpaired) electrons. The van der Waals surface area contributed by atoms with Crippen molar-refractivity contribution in [3.8, 4) is 5.75 Å². The summed E-state index contributed by atoms with van der Waals surface area (Å²) in [5, 5.41) is 0. The maximum atomic E-state index is 5.82. The van der Waals surface area contributed by atoms with E-state index in [0.717, 1.165) is 16.9 Å². The predicted octanol–water partition coefficient (Wildman–Crippen LogP) is 2.68. The van der Waals surface area contributed by atoms with Crippen LogP contribution in [0.2, 0.25) is 0 Å². The maximum absolute atomic E-state index is 5.82. The Bertz CT molecular complexity index is 469. The van der Waals surface area contributed by atoms with Crippen molar-refractivity contribution in [1.29, 1.82) is 0 Å². The van der Waals surface area contributed by atoms with E-state index in [2.05, 4.69) is 4.98 Å². The van der Waals surface area contributed by atoms with Gasteiger partial charge in [0.25, 0.3) is 0 Å². The molecule has 0 aliphatic carbocycles. The zero-order chi connectivity index (χ0) is 12.1. The van der Waals surface area contributed by atoms with Gasteiger partial charge in [-0.3, -0.25) is 4.98 Å². The molecular formula is C14H16N2O. The van der Waals surface area contributed by atoms with Crippen LogP contribution in [0.15, 0.2) is 48.8 Å². The molecule has 2 N–H and O–H groups in total. The molecule has 3 nitrogen and oxygen atoms in total. The highest BCUT2D eigenvalue weighted by molar-refractivity contribution is 5.30. The summed E-state index contributed by atoms with van der Waals surface area (Å²) < 4.78 is 5.69. The maximum Gasteiger partial charge on any atom is 0.120 e. The third-order valence-corrected chi connectivity index (χ3v) is 2.51. The van der Waals surface area contributed by atoms with Crippen LogP contribution < -0.4 is 10.5 Å². The Labute approximate surface area is 101 Å². The largest absolute Gasteiger partial charge is 0.489 e. The summed E-state index contributed by atoms with van der Waals surface area (Å²) in [6.07, 6.45) is 3.55. The van der Waals surface area contributed by atoms with Crippen LogP contribution >= 0.6 is 0 Å². The predicted molar refractivity (Wildman–Crippen MR) is 67.6 cm³/mol. The van der Waals surface area contributed by atoms with Crippen LogP contribution in [0.25, 0.3) is 0 Å². The molecule has 0 saturated carbocycles. The zero-order valence-electron chi connectivity index (χ0n) is 9.84. The lowest BCUT2D eigenvalue weighted by molar-refractivity contribution is 0.305. The summed E-state index contributed by atoms with van der Waals surface area (Å²) in [7, 11) is 0. The number of hydrogen-bond acceptors (Lipinski definition) is 3. The van der Waals surface area contributed by atoms with E-state index in [0.29, 0.717) is 6.61 Å². The standard InChI is InChI=1S/C14H16N2O/c1-11(15)13-5-2-6-14(8-13)17-10-12-4-3-7-16-9-12/h2-9,11H,10,15H2,1H3. The normalized spacial score (nSPS) is 12.1. The van der Waals surface area contributed by atoms with Crippen molar-refractivity contribution in [2.75, 3.05) is 0 Å². The van der Waals surface area contributed by atoms with Crippen LogP contribution in [0.4, 0.5) is 0 Å². The molecule has 0 bridgehead atoms. The number of nitrogens with two attached hydrogens (primary N) is 1. The van der Waals surface area contributed by atoms with Gasteiger partial charge in [-0.2, -0.15) is 0 Å². The average molecular weight is 228 g/mol. The molecule has 2 rings (SSSR count). The van der Waals surface area contributed by atoms with Crippen LogP contribution in [-0.4, -0.2) is 4.98 Å². The highest BCUT2D eigenvalue weighted by Crippen LogP contribution is 2.18. The minimum atomic E-state index is 0.0249. The fourth-order valence-corrected chi connectivity index (χ4v) is 1.54. The second-order valence-electron chi connectivity index (χ2n) is 4.01. The minimum absolute atomic E-state index is 0.0249. The Balaban J connectivity index is 2.02. The number of rotatable bonds is 4. The molecule has 0 amide bonds. The zero-order valence-corrected chi connectivity index (χ0v) is 9.84. The van der Waals surface area contributed by atoms with Gasteiger partial charge in [0.15, 0.2) is 0 Å². The van der Waals surface area contributed by atoms with Gasteiger partial charge in [-0.1, -0.05) is 18.2 Å². The van der Waals surface area contributed by atoms with Crippen LogP contribution in [0.3, 0.4) is 0 Å². The van der Waals surface area contributed by atoms with Crippen LogP contribution in [0.1, 0.15) is 24.1 Å². The second kappa shape index (κ2) is 5.46. The van der Waals surface area contributed by atoms with Crippen LogP contribution in [-0.2, 0) is 6.61 Å². The first-order valence-corrected chi connectivity index (χ1v) is 5.63. The SMILES string of the molecule is CC(N)c1cccc(OCc2cccnc2)c1. The lowest BCUT2D eigenvalue weighted by Crippen LogP contribution is -2.05. The van der Waals surface area contributed by atoms with Crippen molar-refractivity contribution < 1.29 is 4.74 Å². The van der Waals surface area contributed by atoms with Crippen molar-refractivity contribution in [3.63, 3.8) is 0 Å². The van der Waals surface area contributed by atoms with Gasteiger partial charge >= 0.3 is 0 Å². The molecular weight excluding hydrogens is 212 g/mol. The monoisotopic (exact) mass is 228 g/mol. The highest BCUT2D eigenvalue weighted by atomic mass is 16.5. The van der Waals surface area contributed by atoms with Crippen molar-refractivity contribution in [2.24, 2.45) is 5.73 Å². The molecule has 88 valence electrons. The molecule has 0 spiro atoms. The van der Waals surface area contributed by atoms with Crippen molar-refractivity contribution in [1.82, 2.24) is 4.98 Å². The molecule has 1 aromatic carbocycles. The highest BCUT2D eigenvalue weighted by Gasteiger charge is 2.01. The lowest BCUT2D eigenvalue weighted by atomic mass is 10.1. The number of hydrogen-bond donors (Lipinski definition) is 1. The number of ether oxygens (including phenoxy) is 1. The van der Waals surface area contributed by atoms with Gasteiger partial charge in [0.2, 0.25) is 0 Å². The van der Waals surface area contributed by atoms with E-state index < -0.39 is 0 Å². The second-order valence-corrected chi connectivity index (χ2v) is 4.01. The van der Waals surface area contributed by atoms with Gasteiger partial charge in [-0.25, -0.2) is 0 Å². The first-order valence-electron chi connectivity index (χ1n) is 5.63. The Morgan fingerprint density at radius 1 is 1.29 bits per heavy atom. The van der Waals surface area contributed by atoms with Crippen molar-refractivity contribution in [3.05, 3.63) is 59.9 Å². The number of nitrogens with zero attached hydrogens (tertiary/aromatic N) is 1. The van der Waals surface area contributed by atoms with Gasteiger partial charge < -0.3 is 10.5 Å². The van der Waals surface area contributed by atoms with Gasteiger partial charge in [0.1, 0.15) is 12.4 Å². The fraction of sp³-hybridized carbons (Fsp3) is 0.214. The topological polar surface area (TPSA) is 48.1 Å². The quantitative estimate of drug-likeness (QED) is 0.875. The summed E-state index contributed by atoms with van der Waals surface area (Å²) >= 11 is 0. The average Bonchev–Trinajstić information content (AvgIpc) is 2.38. The van der Waals surface area contributed by atoms with E-state index in [-0.39, 0.29) is 6.04 Å². The number of aromatic nitrogens is 1. The first kappa shape index (κ1) is 11.6. The summed E-state index contributed by atoms with van der Waals surface area (Å²) in [5.74, 6) is 0.837. The molecule has 0 saturated heterocycles. The minimum Gasteiger partial charge on any atom is -0.489 e. The fourth-order valence-electron chi connectivity index (χ4n) is 1.54. The molecule has 1 aromatic heterocycles. The molecule has 0 fully saturated rings. The van der Waals surface area contributed by atoms with E-state index in [1.807, 2.05) is 43.3 Å². The third-order valence-electron chi connectivity index (χ3n) is 2.51. The van der Waals surface area contributed by atoms with E-state index in [1.165, 1.54) is 0 Å². The Morgan fingerprint density at radius 2 is 2.18 bits per heavy atom. The Hall–Kier alpha value is -1.87. The van der Waals surface area contributed by atoms with Gasteiger partial charge in [-0.15, -0.1) is 0 Å². The Kier molecular flexibility index (Phi) is 3.73. The lowest BCUT2D eigenvalue weighted by Gasteiger charge is -2.09. The number of pyridine rings is 1. The summed E-state index contributed by atoms with van der Waals surface area (Å²) in [5.41, 5.74) is 7.96. The molecule has 17 heavy (non-hydrogen) atoms. The first-order chi connectivity index (χ1) is 8.25. The van der Waals surface area contributed by atoms with Crippen molar-refractivity contribution >= 4 is 0 Å². The van der Waals surface area contributed by atoms with Gasteiger partial charge in [0.05, 0.1) is 0 Å². The molecule has 0 aliphatic heterocycles. The summed E-state index contributed by atoms with van der Waals surface area (Å²) in [4.78, 5) is 4.04. The molecule has 1 unspecified atom stereocenters. The van der Waals surface area contributed by atoms with E-state index in [1.54, 1.807) is 12.4 Å². The van der Waals surface area contributed by atoms with E-state index in [9.17, 15) is 0 Å².